The summed E-state index contributed by atoms with van der Waals surface area (Å²) in [6, 6.07) is 0. The molecule has 0 aromatic carbocycles. The number of carbonyl (C=O) groups excluding carboxylic acids is 1. The normalized spacial score (nSPS) is 38.4. The van der Waals surface area contributed by atoms with Crippen molar-refractivity contribution in [3.05, 3.63) is 0 Å². The molecule has 3 fully saturated rings. The minimum Gasteiger partial charge on any atom is -0.468 e. The second-order valence-electron chi connectivity index (χ2n) is 4.21. The molecule has 1 N–H and O–H groups in total. The summed E-state index contributed by atoms with van der Waals surface area (Å²) in [5.74, 6) is -0.128. The van der Waals surface area contributed by atoms with Crippen LogP contribution >= 0.6 is 12.4 Å². The molecule has 0 spiro atoms. The van der Waals surface area contributed by atoms with Crippen LogP contribution in [-0.2, 0) is 14.3 Å². The molecule has 2 heterocycles. The molecule has 2 saturated heterocycles. The van der Waals surface area contributed by atoms with Crippen LogP contribution in [0.2, 0.25) is 0 Å². The monoisotopic (exact) mass is 221 g/mol. The van der Waals surface area contributed by atoms with Crippen LogP contribution < -0.4 is 5.32 Å². The Kier molecular flexibility index (Phi) is 3.09. The van der Waals surface area contributed by atoms with Gasteiger partial charge in [-0.25, -0.2) is 0 Å². The molecule has 0 aromatic rings. The van der Waals surface area contributed by atoms with Crippen LogP contribution in [0.3, 0.4) is 0 Å². The van der Waals surface area contributed by atoms with Crippen molar-refractivity contribution in [3.63, 3.8) is 0 Å². The third-order valence-electron chi connectivity index (χ3n) is 3.18. The first-order valence-corrected chi connectivity index (χ1v) is 4.49. The highest BCUT2D eigenvalue weighted by Gasteiger charge is 2.65. The van der Waals surface area contributed by atoms with Crippen LogP contribution in [0.4, 0.5) is 0 Å². The van der Waals surface area contributed by atoms with Gasteiger partial charge in [0.05, 0.1) is 13.7 Å². The van der Waals surface area contributed by atoms with Gasteiger partial charge in [-0.3, -0.25) is 4.79 Å². The molecule has 0 atom stereocenters. The molecule has 2 aliphatic heterocycles. The van der Waals surface area contributed by atoms with E-state index in [1.54, 1.807) is 7.11 Å². The summed E-state index contributed by atoms with van der Waals surface area (Å²) in [4.78, 5) is 11.4. The minimum atomic E-state index is -0.382. The van der Waals surface area contributed by atoms with E-state index in [4.69, 9.17) is 9.47 Å². The van der Waals surface area contributed by atoms with Crippen LogP contribution in [0.15, 0.2) is 0 Å². The average molecular weight is 222 g/mol. The molecule has 0 unspecified atom stereocenters. The van der Waals surface area contributed by atoms with Crippen LogP contribution in [0, 0.1) is 5.41 Å². The van der Waals surface area contributed by atoms with Crippen molar-refractivity contribution in [2.45, 2.75) is 18.4 Å². The van der Waals surface area contributed by atoms with Crippen molar-refractivity contribution in [3.8, 4) is 0 Å². The van der Waals surface area contributed by atoms with Crippen molar-refractivity contribution >= 4 is 18.4 Å². The Morgan fingerprint density at radius 3 is 2.57 bits per heavy atom. The Balaban J connectivity index is 0.000000980. The van der Waals surface area contributed by atoms with Crippen molar-refractivity contribution in [1.29, 1.82) is 0 Å². The van der Waals surface area contributed by atoms with Gasteiger partial charge < -0.3 is 14.8 Å². The molecule has 0 aromatic heterocycles. The van der Waals surface area contributed by atoms with E-state index in [0.29, 0.717) is 0 Å². The smallest absolute Gasteiger partial charge is 0.326 e. The van der Waals surface area contributed by atoms with E-state index in [2.05, 4.69) is 5.32 Å². The quantitative estimate of drug-likeness (QED) is 0.699. The third kappa shape index (κ3) is 1.42. The zero-order valence-electron chi connectivity index (χ0n) is 8.46. The second-order valence-corrected chi connectivity index (χ2v) is 4.21. The summed E-state index contributed by atoms with van der Waals surface area (Å²) in [7, 11) is 3.14. The molecular weight excluding hydrogens is 206 g/mol. The largest absolute Gasteiger partial charge is 0.468 e. The molecule has 4 nitrogen and oxygen atoms in total. The van der Waals surface area contributed by atoms with E-state index in [1.165, 1.54) is 7.11 Å². The number of rotatable bonds is 3. The molecule has 82 valence electrons. The predicted octanol–water partition coefficient (Wildman–Crippen LogP) is 0.350. The van der Waals surface area contributed by atoms with Gasteiger partial charge in [-0.2, -0.15) is 0 Å². The lowest BCUT2D eigenvalue weighted by Crippen LogP contribution is -2.55. The Bertz CT molecular complexity index is 238. The van der Waals surface area contributed by atoms with Gasteiger partial charge in [0.15, 0.2) is 0 Å². The summed E-state index contributed by atoms with van der Waals surface area (Å²) < 4.78 is 9.89. The molecular formula is C9H16ClNO3. The van der Waals surface area contributed by atoms with E-state index >= 15 is 0 Å². The van der Waals surface area contributed by atoms with Gasteiger partial charge in [0, 0.05) is 19.1 Å². The fourth-order valence-corrected chi connectivity index (χ4v) is 2.71. The SMILES string of the molecule is COCC12CNC(C(=O)OC)(C1)C2.Cl. The number of hydrogen-bond donors (Lipinski definition) is 1. The average Bonchev–Trinajstić information content (AvgIpc) is 2.59. The summed E-state index contributed by atoms with van der Waals surface area (Å²) in [5.41, 5.74) is -0.184. The number of fused-ring (bicyclic) bond motifs is 1. The molecule has 1 saturated carbocycles. The molecule has 2 bridgehead atoms. The molecule has 0 amide bonds. The molecule has 3 aliphatic rings. The molecule has 3 rings (SSSR count). The van der Waals surface area contributed by atoms with Crippen molar-refractivity contribution in [1.82, 2.24) is 5.32 Å². The Morgan fingerprint density at radius 1 is 1.43 bits per heavy atom. The summed E-state index contributed by atoms with van der Waals surface area (Å²) in [6.07, 6.45) is 1.72. The van der Waals surface area contributed by atoms with Gasteiger partial charge in [0.25, 0.3) is 0 Å². The second kappa shape index (κ2) is 3.68. The van der Waals surface area contributed by atoms with Crippen LogP contribution in [-0.4, -0.2) is 38.9 Å². The number of halogens is 1. The number of methoxy groups -OCH3 is 2. The van der Waals surface area contributed by atoms with Gasteiger partial charge in [-0.05, 0) is 12.8 Å². The number of ether oxygens (including phenoxy) is 2. The maximum atomic E-state index is 11.4. The summed E-state index contributed by atoms with van der Waals surface area (Å²) in [6.45, 7) is 1.61. The first kappa shape index (κ1) is 11.8. The van der Waals surface area contributed by atoms with E-state index < -0.39 is 0 Å². The van der Waals surface area contributed by atoms with Crippen LogP contribution in [0.1, 0.15) is 12.8 Å². The Labute approximate surface area is 89.7 Å². The van der Waals surface area contributed by atoms with E-state index in [1.807, 2.05) is 0 Å². The highest BCUT2D eigenvalue weighted by molar-refractivity contribution is 5.85. The summed E-state index contributed by atoms with van der Waals surface area (Å²) >= 11 is 0. The fourth-order valence-electron chi connectivity index (χ4n) is 2.71. The van der Waals surface area contributed by atoms with Crippen LogP contribution in [0.5, 0.6) is 0 Å². The molecule has 1 aliphatic carbocycles. The fraction of sp³-hybridized carbons (Fsp3) is 0.889. The molecule has 14 heavy (non-hydrogen) atoms. The lowest BCUT2D eigenvalue weighted by molar-refractivity contribution is -0.154. The minimum absolute atomic E-state index is 0. The van der Waals surface area contributed by atoms with E-state index in [0.717, 1.165) is 26.0 Å². The number of nitrogens with one attached hydrogen (secondary N) is 1. The van der Waals surface area contributed by atoms with Gasteiger partial charge in [0.2, 0.25) is 0 Å². The number of hydrogen-bond acceptors (Lipinski definition) is 4. The zero-order chi connectivity index (χ0) is 9.53. The maximum absolute atomic E-state index is 11.4. The first-order valence-electron chi connectivity index (χ1n) is 4.49. The van der Waals surface area contributed by atoms with Crippen molar-refractivity contribution in [2.75, 3.05) is 27.4 Å². The highest BCUT2D eigenvalue weighted by Crippen LogP contribution is 2.54. The Morgan fingerprint density at radius 2 is 2.07 bits per heavy atom. The molecule has 0 radical (unpaired) electrons. The third-order valence-corrected chi connectivity index (χ3v) is 3.18. The highest BCUT2D eigenvalue weighted by atomic mass is 35.5. The number of esters is 1. The Hall–Kier alpha value is -0.320. The zero-order valence-corrected chi connectivity index (χ0v) is 9.28. The molecule has 5 heteroatoms. The van der Waals surface area contributed by atoms with Gasteiger partial charge >= 0.3 is 5.97 Å². The van der Waals surface area contributed by atoms with E-state index in [9.17, 15) is 4.79 Å². The summed E-state index contributed by atoms with van der Waals surface area (Å²) in [5, 5.41) is 3.23. The predicted molar refractivity (Wildman–Crippen MR) is 53.5 cm³/mol. The topological polar surface area (TPSA) is 47.6 Å². The van der Waals surface area contributed by atoms with Gasteiger partial charge in [-0.15, -0.1) is 12.4 Å². The lowest BCUT2D eigenvalue weighted by Gasteiger charge is -2.43. The van der Waals surface area contributed by atoms with Crippen molar-refractivity contribution < 1.29 is 14.3 Å². The van der Waals surface area contributed by atoms with E-state index in [-0.39, 0.29) is 29.3 Å². The van der Waals surface area contributed by atoms with Crippen LogP contribution in [0.25, 0.3) is 0 Å². The maximum Gasteiger partial charge on any atom is 0.326 e. The standard InChI is InChI=1S/C9H15NO3.ClH/c1-12-6-8-3-9(4-8,10-5-8)7(11)13-2;/h10H,3-6H2,1-2H3;1H. The number of carbonyl (C=O) groups is 1. The van der Waals surface area contributed by atoms with Crippen molar-refractivity contribution in [2.24, 2.45) is 5.41 Å². The lowest BCUT2D eigenvalue weighted by atomic mass is 9.62. The first-order chi connectivity index (χ1) is 6.16. The van der Waals surface area contributed by atoms with Gasteiger partial charge in [0.1, 0.15) is 5.54 Å². The van der Waals surface area contributed by atoms with Gasteiger partial charge in [-0.1, -0.05) is 0 Å².